The molecule has 1 aliphatic heterocycles. The van der Waals surface area contributed by atoms with Crippen LogP contribution in [0.2, 0.25) is 0 Å². The Balaban J connectivity index is 2.12. The van der Waals surface area contributed by atoms with Crippen molar-refractivity contribution in [3.05, 3.63) is 66.0 Å². The van der Waals surface area contributed by atoms with Gasteiger partial charge in [-0.1, -0.05) is 49.6 Å². The van der Waals surface area contributed by atoms with E-state index in [1.54, 1.807) is 0 Å². The SMILES string of the molecule is CC1(C)c2ccccc2-n2c3ccncc3c3cc(BO)cc1c32. The minimum Gasteiger partial charge on any atom is -0.449 e. The highest BCUT2D eigenvalue weighted by molar-refractivity contribution is 6.46. The lowest BCUT2D eigenvalue weighted by Crippen LogP contribution is -2.28. The van der Waals surface area contributed by atoms with E-state index in [2.05, 4.69) is 65.9 Å². The quantitative estimate of drug-likeness (QED) is 0.549. The van der Waals surface area contributed by atoms with E-state index in [0.29, 0.717) is 0 Å². The first-order valence-corrected chi connectivity index (χ1v) is 8.25. The van der Waals surface area contributed by atoms with Crippen molar-refractivity contribution < 1.29 is 5.02 Å². The van der Waals surface area contributed by atoms with Crippen molar-refractivity contribution in [3.63, 3.8) is 0 Å². The van der Waals surface area contributed by atoms with Gasteiger partial charge in [-0.3, -0.25) is 4.98 Å². The number of nitrogens with zero attached hydrogens (tertiary/aromatic N) is 2. The van der Waals surface area contributed by atoms with Crippen molar-refractivity contribution in [2.75, 3.05) is 0 Å². The normalized spacial score (nSPS) is 14.8. The lowest BCUT2D eigenvalue weighted by atomic mass is 9.72. The Morgan fingerprint density at radius 1 is 1.04 bits per heavy atom. The molecule has 3 heterocycles. The number of rotatable bonds is 1. The molecule has 1 N–H and O–H groups in total. The molecule has 4 aromatic rings. The second kappa shape index (κ2) is 4.49. The first-order valence-electron chi connectivity index (χ1n) is 8.25. The fraction of sp³-hybridized carbons (Fsp3) is 0.150. The molecule has 0 atom stereocenters. The zero-order valence-corrected chi connectivity index (χ0v) is 13.7. The number of aromatic nitrogens is 2. The Labute approximate surface area is 140 Å². The van der Waals surface area contributed by atoms with Crippen molar-refractivity contribution in [3.8, 4) is 5.69 Å². The summed E-state index contributed by atoms with van der Waals surface area (Å²) in [6, 6.07) is 14.9. The molecule has 24 heavy (non-hydrogen) atoms. The number of pyridine rings is 1. The molecular weight excluding hydrogens is 295 g/mol. The Bertz CT molecular complexity index is 1130. The number of benzene rings is 2. The maximum atomic E-state index is 9.76. The molecule has 0 bridgehead atoms. The van der Waals surface area contributed by atoms with Crippen molar-refractivity contribution in [1.82, 2.24) is 9.55 Å². The minimum absolute atomic E-state index is 0.0492. The molecular formula is C20H17BN2O. The molecule has 0 saturated carbocycles. The zero-order chi connectivity index (χ0) is 16.5. The second-order valence-electron chi connectivity index (χ2n) is 7.07. The Morgan fingerprint density at radius 3 is 2.71 bits per heavy atom. The Hall–Kier alpha value is -2.59. The summed E-state index contributed by atoms with van der Waals surface area (Å²) in [5.41, 5.74) is 7.05. The van der Waals surface area contributed by atoms with Gasteiger partial charge in [-0.05, 0) is 23.3 Å². The fourth-order valence-electron chi connectivity index (χ4n) is 4.21. The molecule has 4 heteroatoms. The summed E-state index contributed by atoms with van der Waals surface area (Å²) in [5.74, 6) is 0. The summed E-state index contributed by atoms with van der Waals surface area (Å²) in [5, 5.41) is 12.1. The van der Waals surface area contributed by atoms with Crippen LogP contribution in [0.25, 0.3) is 27.5 Å². The Morgan fingerprint density at radius 2 is 1.88 bits per heavy atom. The van der Waals surface area contributed by atoms with Crippen molar-refractivity contribution in [1.29, 1.82) is 0 Å². The van der Waals surface area contributed by atoms with Gasteiger partial charge in [0.2, 0.25) is 0 Å². The lowest BCUT2D eigenvalue weighted by molar-refractivity contribution is 0.614. The highest BCUT2D eigenvalue weighted by atomic mass is 16.2. The number of fused-ring (bicyclic) bond motifs is 5. The van der Waals surface area contributed by atoms with Gasteiger partial charge >= 0.3 is 7.48 Å². The van der Waals surface area contributed by atoms with Gasteiger partial charge in [0.15, 0.2) is 0 Å². The first kappa shape index (κ1) is 13.8. The summed E-state index contributed by atoms with van der Waals surface area (Å²) in [6.45, 7) is 4.53. The molecule has 0 unspecified atom stereocenters. The summed E-state index contributed by atoms with van der Waals surface area (Å²) < 4.78 is 2.35. The standard InChI is InChI=1S/C20H17BN2O/c1-20(2)15-5-3-4-6-18(15)23-17-7-8-22-11-14(17)13-9-12(21-24)10-16(20)19(13)23/h3-11,21,24H,1-2H3. The maximum Gasteiger partial charge on any atom is 0.304 e. The van der Waals surface area contributed by atoms with Crippen LogP contribution in [-0.4, -0.2) is 22.1 Å². The van der Waals surface area contributed by atoms with Gasteiger partial charge in [-0.25, -0.2) is 0 Å². The molecule has 2 aromatic carbocycles. The molecule has 116 valence electrons. The predicted octanol–water partition coefficient (Wildman–Crippen LogP) is 2.79. The highest BCUT2D eigenvalue weighted by Crippen LogP contribution is 2.46. The number of hydrogen-bond donors (Lipinski definition) is 1. The third kappa shape index (κ3) is 1.54. The predicted molar refractivity (Wildman–Crippen MR) is 99.7 cm³/mol. The van der Waals surface area contributed by atoms with Crippen LogP contribution in [0.1, 0.15) is 25.0 Å². The van der Waals surface area contributed by atoms with Gasteiger partial charge in [0, 0.05) is 28.6 Å². The van der Waals surface area contributed by atoms with Crippen LogP contribution in [0.5, 0.6) is 0 Å². The second-order valence-corrected chi connectivity index (χ2v) is 7.07. The summed E-state index contributed by atoms with van der Waals surface area (Å²) in [6.07, 6.45) is 3.78. The van der Waals surface area contributed by atoms with Crippen molar-refractivity contribution >= 4 is 34.8 Å². The van der Waals surface area contributed by atoms with Crippen LogP contribution in [-0.2, 0) is 5.41 Å². The molecule has 0 aliphatic carbocycles. The molecule has 3 nitrogen and oxygen atoms in total. The third-order valence-electron chi connectivity index (χ3n) is 5.40. The van der Waals surface area contributed by atoms with Gasteiger partial charge < -0.3 is 9.59 Å². The van der Waals surface area contributed by atoms with Crippen LogP contribution in [0.3, 0.4) is 0 Å². The molecule has 0 radical (unpaired) electrons. The van der Waals surface area contributed by atoms with Gasteiger partial charge in [0.25, 0.3) is 0 Å². The molecule has 5 rings (SSSR count). The highest BCUT2D eigenvalue weighted by Gasteiger charge is 2.35. The Kier molecular flexibility index (Phi) is 2.58. The topological polar surface area (TPSA) is 38.0 Å². The molecule has 0 fully saturated rings. The lowest BCUT2D eigenvalue weighted by Gasteiger charge is -2.35. The first-order chi connectivity index (χ1) is 11.6. The van der Waals surface area contributed by atoms with E-state index in [1.807, 2.05) is 12.4 Å². The van der Waals surface area contributed by atoms with Crippen LogP contribution < -0.4 is 5.46 Å². The van der Waals surface area contributed by atoms with E-state index in [9.17, 15) is 5.02 Å². The van der Waals surface area contributed by atoms with Gasteiger partial charge in [-0.2, -0.15) is 0 Å². The molecule has 0 amide bonds. The zero-order valence-electron chi connectivity index (χ0n) is 13.7. The number of para-hydroxylation sites is 1. The van der Waals surface area contributed by atoms with Crippen LogP contribution in [0, 0.1) is 0 Å². The van der Waals surface area contributed by atoms with Crippen molar-refractivity contribution in [2.24, 2.45) is 0 Å². The summed E-state index contributed by atoms with van der Waals surface area (Å²) in [4.78, 5) is 4.33. The van der Waals surface area contributed by atoms with Crippen molar-refractivity contribution in [2.45, 2.75) is 19.3 Å². The van der Waals surface area contributed by atoms with E-state index < -0.39 is 0 Å². The molecule has 0 saturated heterocycles. The molecule has 1 aliphatic rings. The van der Waals surface area contributed by atoms with Gasteiger partial charge in [0.05, 0.1) is 16.7 Å². The smallest absolute Gasteiger partial charge is 0.304 e. The largest absolute Gasteiger partial charge is 0.449 e. The van der Waals surface area contributed by atoms with E-state index in [1.165, 1.54) is 33.2 Å². The van der Waals surface area contributed by atoms with Gasteiger partial charge in [-0.15, -0.1) is 0 Å². The monoisotopic (exact) mass is 312 g/mol. The van der Waals surface area contributed by atoms with E-state index in [0.717, 1.165) is 10.8 Å². The number of hydrogen-bond acceptors (Lipinski definition) is 2. The minimum atomic E-state index is -0.113. The third-order valence-corrected chi connectivity index (χ3v) is 5.40. The van der Waals surface area contributed by atoms with Crippen LogP contribution >= 0.6 is 0 Å². The summed E-state index contributed by atoms with van der Waals surface area (Å²) in [7, 11) is 0.0492. The summed E-state index contributed by atoms with van der Waals surface area (Å²) >= 11 is 0. The van der Waals surface area contributed by atoms with Gasteiger partial charge in [0.1, 0.15) is 0 Å². The van der Waals surface area contributed by atoms with Crippen LogP contribution in [0.15, 0.2) is 54.9 Å². The molecule has 2 aromatic heterocycles. The van der Waals surface area contributed by atoms with E-state index >= 15 is 0 Å². The average molecular weight is 312 g/mol. The maximum absolute atomic E-state index is 9.76. The average Bonchev–Trinajstić information content (AvgIpc) is 2.94. The fourth-order valence-corrected chi connectivity index (χ4v) is 4.21. The molecule has 0 spiro atoms. The van der Waals surface area contributed by atoms with Crippen LogP contribution in [0.4, 0.5) is 0 Å². The van der Waals surface area contributed by atoms with E-state index in [4.69, 9.17) is 0 Å². The van der Waals surface area contributed by atoms with E-state index in [-0.39, 0.29) is 12.9 Å².